The van der Waals surface area contributed by atoms with Crippen LogP contribution in [0.4, 0.5) is 11.4 Å². The van der Waals surface area contributed by atoms with Gasteiger partial charge in [-0.1, -0.05) is 24.3 Å². The lowest BCUT2D eigenvalue weighted by molar-refractivity contribution is -0.128. The van der Waals surface area contributed by atoms with E-state index in [1.807, 2.05) is 0 Å². The van der Waals surface area contributed by atoms with E-state index in [0.717, 1.165) is 6.07 Å². The molecular weight excluding hydrogens is 388 g/mol. The summed E-state index contributed by atoms with van der Waals surface area (Å²) < 4.78 is 10.5. The number of carbonyl (C=O) groups excluding carboxylic acids is 3. The van der Waals surface area contributed by atoms with E-state index in [9.17, 15) is 19.2 Å². The summed E-state index contributed by atoms with van der Waals surface area (Å²) in [5.74, 6) is -2.19. The Labute approximate surface area is 171 Å². The van der Waals surface area contributed by atoms with Gasteiger partial charge in [0.2, 0.25) is 11.7 Å². The van der Waals surface area contributed by atoms with E-state index in [1.165, 1.54) is 4.90 Å². The summed E-state index contributed by atoms with van der Waals surface area (Å²) in [6.07, 6.45) is 0. The maximum Gasteiger partial charge on any atom is 0.374 e. The van der Waals surface area contributed by atoms with Crippen LogP contribution in [0.1, 0.15) is 24.4 Å². The normalized spacial score (nSPS) is 14.7. The molecule has 3 aromatic rings. The van der Waals surface area contributed by atoms with Crippen LogP contribution in [-0.2, 0) is 14.3 Å². The SMILES string of the molecule is CC1(C)C(=O)Nc2ccccc2N1C(=O)COC(=O)c1cc(=O)c2ccccc2o1. The molecule has 0 aliphatic carbocycles. The zero-order chi connectivity index (χ0) is 21.5. The van der Waals surface area contributed by atoms with Crippen LogP contribution in [-0.4, -0.2) is 29.9 Å². The third kappa shape index (κ3) is 3.22. The molecule has 8 heteroatoms. The van der Waals surface area contributed by atoms with Crippen LogP contribution in [0.2, 0.25) is 0 Å². The minimum Gasteiger partial charge on any atom is -0.450 e. The summed E-state index contributed by atoms with van der Waals surface area (Å²) in [7, 11) is 0. The van der Waals surface area contributed by atoms with Crippen molar-refractivity contribution in [1.29, 1.82) is 0 Å². The largest absolute Gasteiger partial charge is 0.450 e. The Morgan fingerprint density at radius 2 is 1.77 bits per heavy atom. The number of carbonyl (C=O) groups is 3. The molecule has 2 amide bonds. The summed E-state index contributed by atoms with van der Waals surface area (Å²) in [4.78, 5) is 51.2. The van der Waals surface area contributed by atoms with Gasteiger partial charge in [-0.2, -0.15) is 0 Å². The van der Waals surface area contributed by atoms with Crippen LogP contribution in [0.15, 0.2) is 63.8 Å². The summed E-state index contributed by atoms with van der Waals surface area (Å²) in [6, 6.07) is 14.4. The summed E-state index contributed by atoms with van der Waals surface area (Å²) in [6.45, 7) is 2.57. The molecule has 152 valence electrons. The summed E-state index contributed by atoms with van der Waals surface area (Å²) in [5, 5.41) is 3.09. The molecule has 1 aliphatic rings. The van der Waals surface area contributed by atoms with Crippen LogP contribution < -0.4 is 15.6 Å². The number of nitrogens with zero attached hydrogens (tertiary/aromatic N) is 1. The van der Waals surface area contributed by atoms with Gasteiger partial charge in [0.25, 0.3) is 5.91 Å². The Kier molecular flexibility index (Phi) is 4.62. The van der Waals surface area contributed by atoms with Gasteiger partial charge >= 0.3 is 5.97 Å². The Bertz CT molecular complexity index is 1240. The number of para-hydroxylation sites is 3. The quantitative estimate of drug-likeness (QED) is 0.671. The van der Waals surface area contributed by atoms with Crippen molar-refractivity contribution in [1.82, 2.24) is 0 Å². The molecule has 1 aromatic heterocycles. The molecule has 2 aromatic carbocycles. The van der Waals surface area contributed by atoms with Crippen molar-refractivity contribution in [3.63, 3.8) is 0 Å². The molecule has 8 nitrogen and oxygen atoms in total. The Morgan fingerprint density at radius 3 is 2.57 bits per heavy atom. The number of anilines is 2. The summed E-state index contributed by atoms with van der Waals surface area (Å²) >= 11 is 0. The highest BCUT2D eigenvalue weighted by atomic mass is 16.5. The number of hydrogen-bond acceptors (Lipinski definition) is 6. The molecule has 0 saturated heterocycles. The zero-order valence-electron chi connectivity index (χ0n) is 16.3. The lowest BCUT2D eigenvalue weighted by Crippen LogP contribution is -2.59. The first kappa shape index (κ1) is 19.4. The average molecular weight is 406 g/mol. The van der Waals surface area contributed by atoms with Crippen molar-refractivity contribution < 1.29 is 23.5 Å². The van der Waals surface area contributed by atoms with Crippen LogP contribution in [0, 0.1) is 0 Å². The van der Waals surface area contributed by atoms with Crippen LogP contribution >= 0.6 is 0 Å². The first-order chi connectivity index (χ1) is 14.3. The van der Waals surface area contributed by atoms with Crippen LogP contribution in [0.5, 0.6) is 0 Å². The topological polar surface area (TPSA) is 106 Å². The second-order valence-corrected chi connectivity index (χ2v) is 7.31. The fourth-order valence-electron chi connectivity index (χ4n) is 3.37. The molecule has 1 aliphatic heterocycles. The van der Waals surface area contributed by atoms with Gasteiger partial charge in [-0.25, -0.2) is 4.79 Å². The number of ether oxygens (including phenoxy) is 1. The maximum absolute atomic E-state index is 12.9. The van der Waals surface area contributed by atoms with E-state index < -0.39 is 29.5 Å². The van der Waals surface area contributed by atoms with E-state index in [4.69, 9.17) is 9.15 Å². The monoisotopic (exact) mass is 406 g/mol. The van der Waals surface area contributed by atoms with Gasteiger partial charge in [0, 0.05) is 6.07 Å². The van der Waals surface area contributed by atoms with Gasteiger partial charge in [0.1, 0.15) is 11.1 Å². The molecule has 0 radical (unpaired) electrons. The van der Waals surface area contributed by atoms with E-state index >= 15 is 0 Å². The third-order valence-electron chi connectivity index (χ3n) is 4.92. The smallest absolute Gasteiger partial charge is 0.374 e. The molecule has 0 saturated carbocycles. The molecule has 0 atom stereocenters. The van der Waals surface area contributed by atoms with Crippen molar-refractivity contribution in [3.8, 4) is 0 Å². The Hall–Kier alpha value is -3.94. The van der Waals surface area contributed by atoms with Crippen LogP contribution in [0.3, 0.4) is 0 Å². The Morgan fingerprint density at radius 1 is 1.07 bits per heavy atom. The van der Waals surface area contributed by atoms with Crippen molar-refractivity contribution >= 4 is 40.1 Å². The molecule has 0 unspecified atom stereocenters. The maximum atomic E-state index is 12.9. The van der Waals surface area contributed by atoms with E-state index in [1.54, 1.807) is 62.4 Å². The fraction of sp³-hybridized carbons (Fsp3) is 0.182. The van der Waals surface area contributed by atoms with Gasteiger partial charge in [0.15, 0.2) is 12.0 Å². The number of benzene rings is 2. The second-order valence-electron chi connectivity index (χ2n) is 7.31. The highest BCUT2D eigenvalue weighted by Gasteiger charge is 2.43. The van der Waals surface area contributed by atoms with E-state index in [0.29, 0.717) is 16.8 Å². The average Bonchev–Trinajstić information content (AvgIpc) is 2.72. The zero-order valence-corrected chi connectivity index (χ0v) is 16.3. The molecule has 0 bridgehead atoms. The highest BCUT2D eigenvalue weighted by Crippen LogP contribution is 2.36. The number of nitrogens with one attached hydrogen (secondary N) is 1. The lowest BCUT2D eigenvalue weighted by atomic mass is 9.96. The third-order valence-corrected chi connectivity index (χ3v) is 4.92. The van der Waals surface area contributed by atoms with Crippen molar-refractivity contribution in [2.45, 2.75) is 19.4 Å². The fourth-order valence-corrected chi connectivity index (χ4v) is 3.37. The standard InChI is InChI=1S/C22H18N2O6/c1-22(2)21(28)23-14-8-4-5-9-15(14)24(22)19(26)12-29-20(27)18-11-16(25)13-7-3-6-10-17(13)30-18/h3-11H,12H2,1-2H3,(H,23,28). The van der Waals surface area contributed by atoms with E-state index in [2.05, 4.69) is 5.32 Å². The lowest BCUT2D eigenvalue weighted by Gasteiger charge is -2.41. The van der Waals surface area contributed by atoms with Crippen molar-refractivity contribution in [2.75, 3.05) is 16.8 Å². The van der Waals surface area contributed by atoms with Gasteiger partial charge in [0.05, 0.1) is 16.8 Å². The molecular formula is C22H18N2O6. The highest BCUT2D eigenvalue weighted by molar-refractivity contribution is 6.14. The molecule has 2 heterocycles. The molecule has 4 rings (SSSR count). The summed E-state index contributed by atoms with van der Waals surface area (Å²) in [5.41, 5.74) is -0.348. The van der Waals surface area contributed by atoms with Gasteiger partial charge in [-0.3, -0.25) is 19.3 Å². The van der Waals surface area contributed by atoms with Crippen molar-refractivity contribution in [3.05, 3.63) is 70.6 Å². The first-order valence-corrected chi connectivity index (χ1v) is 9.22. The van der Waals surface area contributed by atoms with Crippen LogP contribution in [0.25, 0.3) is 11.0 Å². The number of amides is 2. The molecule has 1 N–H and O–H groups in total. The second kappa shape index (κ2) is 7.14. The minimum atomic E-state index is -1.19. The van der Waals surface area contributed by atoms with Gasteiger partial charge in [-0.15, -0.1) is 0 Å². The molecule has 30 heavy (non-hydrogen) atoms. The Balaban J connectivity index is 1.57. The predicted molar refractivity (Wildman–Crippen MR) is 109 cm³/mol. The number of rotatable bonds is 3. The van der Waals surface area contributed by atoms with Gasteiger partial charge in [-0.05, 0) is 38.1 Å². The predicted octanol–water partition coefficient (Wildman–Crippen LogP) is 2.71. The first-order valence-electron chi connectivity index (χ1n) is 9.22. The number of esters is 1. The van der Waals surface area contributed by atoms with Gasteiger partial charge < -0.3 is 14.5 Å². The minimum absolute atomic E-state index is 0.242. The molecule has 0 fully saturated rings. The van der Waals surface area contributed by atoms with Crippen molar-refractivity contribution in [2.24, 2.45) is 0 Å². The number of fused-ring (bicyclic) bond motifs is 2. The molecule has 0 spiro atoms. The number of hydrogen-bond donors (Lipinski definition) is 1. The van der Waals surface area contributed by atoms with E-state index in [-0.39, 0.29) is 17.3 Å².